The predicted octanol–water partition coefficient (Wildman–Crippen LogP) is 7.32. The van der Waals surface area contributed by atoms with Crippen molar-refractivity contribution in [3.63, 3.8) is 0 Å². The number of carbonyl (C=O) groups is 1. The van der Waals surface area contributed by atoms with Gasteiger partial charge in [0.2, 0.25) is 0 Å². The summed E-state index contributed by atoms with van der Waals surface area (Å²) in [4.78, 5) is 12.7. The monoisotopic (exact) mass is 578 g/mol. The van der Waals surface area contributed by atoms with E-state index in [1.807, 2.05) is 55.5 Å². The number of hydrogen-bond acceptors (Lipinski definition) is 6. The third-order valence-corrected chi connectivity index (χ3v) is 6.16. The van der Waals surface area contributed by atoms with Crippen molar-refractivity contribution in [3.8, 4) is 23.0 Å². The van der Waals surface area contributed by atoms with Gasteiger partial charge in [-0.3, -0.25) is 4.79 Å². The summed E-state index contributed by atoms with van der Waals surface area (Å²) in [6.45, 7) is 2.92. The van der Waals surface area contributed by atoms with Crippen molar-refractivity contribution in [1.82, 2.24) is 5.43 Å². The fourth-order valence-corrected chi connectivity index (χ4v) is 4.23. The molecule has 4 rings (SSSR count). The molecular weight excluding hydrogens is 551 g/mol. The summed E-state index contributed by atoms with van der Waals surface area (Å²) in [6, 6.07) is 25.5. The van der Waals surface area contributed by atoms with Gasteiger partial charge in [0.1, 0.15) is 13.2 Å². The van der Waals surface area contributed by atoms with E-state index in [2.05, 4.69) is 10.5 Å². The first-order chi connectivity index (χ1) is 19.5. The zero-order valence-corrected chi connectivity index (χ0v) is 23.5. The molecule has 0 aliphatic heterocycles. The van der Waals surface area contributed by atoms with Crippen LogP contribution in [0.1, 0.15) is 34.0 Å². The summed E-state index contributed by atoms with van der Waals surface area (Å²) in [5, 5.41) is 5.05. The Bertz CT molecular complexity index is 1480. The number of carbonyl (C=O) groups excluding carboxylic acids is 1. The molecule has 0 spiro atoms. The molecule has 1 amide bonds. The van der Waals surface area contributed by atoms with Crippen LogP contribution in [0.5, 0.6) is 23.0 Å². The molecule has 0 saturated carbocycles. The van der Waals surface area contributed by atoms with Crippen molar-refractivity contribution in [2.75, 3.05) is 13.7 Å². The van der Waals surface area contributed by atoms with Gasteiger partial charge in [-0.15, -0.1) is 0 Å². The van der Waals surface area contributed by atoms with Gasteiger partial charge in [0.05, 0.1) is 25.0 Å². The van der Waals surface area contributed by atoms with Gasteiger partial charge in [-0.25, -0.2) is 5.43 Å². The Morgan fingerprint density at radius 2 is 1.60 bits per heavy atom. The zero-order chi connectivity index (χ0) is 28.3. The Morgan fingerprint density at radius 3 is 2.35 bits per heavy atom. The van der Waals surface area contributed by atoms with E-state index >= 15 is 0 Å². The standard InChI is InChI=1S/C31H28Cl2N2O5/c1-3-38-29-16-23(15-26(33)30(29)40-20-22-10-7-11-25(32)14-22)18-34-35-31(36)24-12-13-27(28(17-24)37-2)39-19-21-8-5-4-6-9-21/h4-18H,3,19-20H2,1-2H3,(H,35,36)/b34-18+. The minimum atomic E-state index is -0.415. The quantitative estimate of drug-likeness (QED) is 0.141. The normalized spacial score (nSPS) is 10.8. The van der Waals surface area contributed by atoms with Gasteiger partial charge in [-0.2, -0.15) is 5.10 Å². The first kappa shape index (κ1) is 28.8. The van der Waals surface area contributed by atoms with Crippen molar-refractivity contribution in [2.45, 2.75) is 20.1 Å². The second kappa shape index (κ2) is 14.3. The summed E-state index contributed by atoms with van der Waals surface area (Å²) in [6.07, 6.45) is 1.47. The van der Waals surface area contributed by atoms with Crippen LogP contribution < -0.4 is 24.4 Å². The fraction of sp³-hybridized carbons (Fsp3) is 0.161. The first-order valence-corrected chi connectivity index (χ1v) is 13.2. The Hall–Kier alpha value is -4.20. The number of nitrogens with one attached hydrogen (secondary N) is 1. The molecule has 0 unspecified atom stereocenters. The lowest BCUT2D eigenvalue weighted by Crippen LogP contribution is -2.17. The summed E-state index contributed by atoms with van der Waals surface area (Å²) >= 11 is 12.6. The largest absolute Gasteiger partial charge is 0.493 e. The van der Waals surface area contributed by atoms with Crippen LogP contribution in [0.3, 0.4) is 0 Å². The molecule has 0 atom stereocenters. The number of amides is 1. The van der Waals surface area contributed by atoms with E-state index in [0.29, 0.717) is 57.4 Å². The minimum absolute atomic E-state index is 0.267. The molecule has 9 heteroatoms. The molecule has 1 N–H and O–H groups in total. The van der Waals surface area contributed by atoms with E-state index in [1.54, 1.807) is 36.4 Å². The number of methoxy groups -OCH3 is 1. The zero-order valence-electron chi connectivity index (χ0n) is 22.0. The minimum Gasteiger partial charge on any atom is -0.493 e. The molecular formula is C31H28Cl2N2O5. The van der Waals surface area contributed by atoms with E-state index in [-0.39, 0.29) is 6.61 Å². The smallest absolute Gasteiger partial charge is 0.271 e. The van der Waals surface area contributed by atoms with E-state index in [1.165, 1.54) is 13.3 Å². The predicted molar refractivity (Wildman–Crippen MR) is 157 cm³/mol. The van der Waals surface area contributed by atoms with Crippen LogP contribution >= 0.6 is 23.2 Å². The Balaban J connectivity index is 1.41. The van der Waals surface area contributed by atoms with Crippen LogP contribution in [-0.4, -0.2) is 25.8 Å². The van der Waals surface area contributed by atoms with E-state index < -0.39 is 5.91 Å². The van der Waals surface area contributed by atoms with Crippen LogP contribution in [-0.2, 0) is 13.2 Å². The van der Waals surface area contributed by atoms with Crippen LogP contribution in [0.2, 0.25) is 10.0 Å². The van der Waals surface area contributed by atoms with E-state index in [0.717, 1.165) is 11.1 Å². The van der Waals surface area contributed by atoms with Gasteiger partial charge in [0, 0.05) is 10.6 Å². The highest BCUT2D eigenvalue weighted by atomic mass is 35.5. The third kappa shape index (κ3) is 7.91. The Morgan fingerprint density at radius 1 is 0.825 bits per heavy atom. The van der Waals surface area contributed by atoms with Crippen LogP contribution in [0.4, 0.5) is 0 Å². The molecule has 0 saturated heterocycles. The maximum Gasteiger partial charge on any atom is 0.271 e. The van der Waals surface area contributed by atoms with E-state index in [4.69, 9.17) is 42.1 Å². The lowest BCUT2D eigenvalue weighted by atomic mass is 10.2. The highest BCUT2D eigenvalue weighted by Gasteiger charge is 2.14. The number of benzene rings is 4. The van der Waals surface area contributed by atoms with Gasteiger partial charge >= 0.3 is 0 Å². The topological polar surface area (TPSA) is 78.4 Å². The Labute approximate surface area is 243 Å². The molecule has 4 aromatic carbocycles. The lowest BCUT2D eigenvalue weighted by molar-refractivity contribution is 0.0954. The van der Waals surface area contributed by atoms with Gasteiger partial charge in [-0.1, -0.05) is 65.7 Å². The van der Waals surface area contributed by atoms with Gasteiger partial charge in [-0.05, 0) is 66.1 Å². The highest BCUT2D eigenvalue weighted by Crippen LogP contribution is 2.37. The van der Waals surface area contributed by atoms with Crippen molar-refractivity contribution in [3.05, 3.63) is 117 Å². The number of hydrogen-bond donors (Lipinski definition) is 1. The molecule has 0 bridgehead atoms. The highest BCUT2D eigenvalue weighted by molar-refractivity contribution is 6.32. The number of ether oxygens (including phenoxy) is 4. The van der Waals surface area contributed by atoms with Crippen LogP contribution in [0.15, 0.2) is 90.0 Å². The molecule has 0 heterocycles. The molecule has 40 heavy (non-hydrogen) atoms. The summed E-state index contributed by atoms with van der Waals surface area (Å²) in [7, 11) is 1.52. The van der Waals surface area contributed by atoms with Gasteiger partial charge < -0.3 is 18.9 Å². The SMILES string of the molecule is CCOc1cc(/C=N/NC(=O)c2ccc(OCc3ccccc3)c(OC)c2)cc(Cl)c1OCc1cccc(Cl)c1. The van der Waals surface area contributed by atoms with Crippen molar-refractivity contribution in [1.29, 1.82) is 0 Å². The molecule has 0 aliphatic rings. The molecule has 0 aliphatic carbocycles. The average Bonchev–Trinajstić information content (AvgIpc) is 2.96. The molecule has 0 aromatic heterocycles. The first-order valence-electron chi connectivity index (χ1n) is 12.5. The number of rotatable bonds is 12. The van der Waals surface area contributed by atoms with Crippen molar-refractivity contribution < 1.29 is 23.7 Å². The van der Waals surface area contributed by atoms with Crippen molar-refractivity contribution >= 4 is 35.3 Å². The Kier molecular flexibility index (Phi) is 10.3. The molecule has 7 nitrogen and oxygen atoms in total. The molecule has 4 aromatic rings. The van der Waals surface area contributed by atoms with Crippen LogP contribution in [0, 0.1) is 0 Å². The maximum absolute atomic E-state index is 12.7. The fourth-order valence-electron chi connectivity index (χ4n) is 3.74. The second-order valence-corrected chi connectivity index (χ2v) is 9.36. The number of nitrogens with zero attached hydrogens (tertiary/aromatic N) is 1. The molecule has 206 valence electrons. The lowest BCUT2D eigenvalue weighted by Gasteiger charge is -2.14. The molecule has 0 fully saturated rings. The molecule has 0 radical (unpaired) electrons. The number of hydrazone groups is 1. The average molecular weight is 579 g/mol. The van der Waals surface area contributed by atoms with Crippen molar-refractivity contribution in [2.24, 2.45) is 5.10 Å². The third-order valence-electron chi connectivity index (χ3n) is 5.65. The maximum atomic E-state index is 12.7. The van der Waals surface area contributed by atoms with Crippen LogP contribution in [0.25, 0.3) is 0 Å². The summed E-state index contributed by atoms with van der Waals surface area (Å²) in [5.74, 6) is 1.42. The summed E-state index contributed by atoms with van der Waals surface area (Å²) in [5.41, 5.74) is 5.41. The van der Waals surface area contributed by atoms with Gasteiger partial charge in [0.25, 0.3) is 5.91 Å². The summed E-state index contributed by atoms with van der Waals surface area (Å²) < 4.78 is 23.0. The number of halogens is 2. The van der Waals surface area contributed by atoms with Gasteiger partial charge in [0.15, 0.2) is 23.0 Å². The second-order valence-electron chi connectivity index (χ2n) is 8.52. The van der Waals surface area contributed by atoms with E-state index in [9.17, 15) is 4.79 Å².